The number of aliphatic hydroxyl groups is 1. The Hall–Kier alpha value is -0.850. The summed E-state index contributed by atoms with van der Waals surface area (Å²) in [6.07, 6.45) is 6.09. The number of likely N-dealkylation sites (tertiary alicyclic amines) is 1. The normalized spacial score (nSPS) is 29.4. The number of aliphatic hydroxyl groups excluding tert-OH is 1. The van der Waals surface area contributed by atoms with Gasteiger partial charge in [0.2, 0.25) is 0 Å². The molecule has 0 spiro atoms. The Kier molecular flexibility index (Phi) is 8.42. The van der Waals surface area contributed by atoms with E-state index in [-0.39, 0.29) is 12.4 Å². The van der Waals surface area contributed by atoms with Gasteiger partial charge in [-0.2, -0.15) is 0 Å². The molecule has 28 heavy (non-hydrogen) atoms. The maximum Gasteiger partial charge on any atom is 0.0623 e. The Labute approximate surface area is 175 Å². The molecule has 3 unspecified atom stereocenters. The highest BCUT2D eigenvalue weighted by atomic mass is 35.5. The minimum atomic E-state index is 0. The fraction of sp³-hybridized carbons (Fsp3) is 0.727. The molecule has 1 aliphatic carbocycles. The Morgan fingerprint density at radius 3 is 2.79 bits per heavy atom. The molecule has 6 heteroatoms. The monoisotopic (exact) mass is 409 g/mol. The smallest absolute Gasteiger partial charge is 0.0623 e. The van der Waals surface area contributed by atoms with Gasteiger partial charge in [0.1, 0.15) is 0 Å². The van der Waals surface area contributed by atoms with Crippen molar-refractivity contribution < 1.29 is 9.84 Å². The van der Waals surface area contributed by atoms with E-state index in [0.29, 0.717) is 30.5 Å². The Balaban J connectivity index is 0.00000225. The topological polar surface area (TPSA) is 56.8 Å². The van der Waals surface area contributed by atoms with Crippen molar-refractivity contribution in [3.63, 3.8) is 0 Å². The first-order valence-electron chi connectivity index (χ1n) is 10.8. The second kappa shape index (κ2) is 10.8. The predicted molar refractivity (Wildman–Crippen MR) is 116 cm³/mol. The van der Waals surface area contributed by atoms with Crippen LogP contribution in [0.15, 0.2) is 24.3 Å². The largest absolute Gasteiger partial charge is 0.396 e. The fourth-order valence-corrected chi connectivity index (χ4v) is 5.07. The van der Waals surface area contributed by atoms with Crippen molar-refractivity contribution in [2.75, 3.05) is 44.8 Å². The number of rotatable bonds is 6. The summed E-state index contributed by atoms with van der Waals surface area (Å²) in [4.78, 5) is 2.52. The quantitative estimate of drug-likeness (QED) is 0.674. The molecule has 0 amide bonds. The summed E-state index contributed by atoms with van der Waals surface area (Å²) >= 11 is 0. The van der Waals surface area contributed by atoms with Crippen molar-refractivity contribution in [1.29, 1.82) is 0 Å². The standard InChI is InChI=1S/C22H35N3O2.ClH/c26-15-17-7-10-25(11-8-17)14-18-3-1-4-19(13-18)24-21-6-2-5-20(21)22-16-27-12-9-23-22;/h1,3-4,13,17,20-24,26H,2,5-12,14-16H2;1H. The van der Waals surface area contributed by atoms with Crippen LogP contribution in [0.3, 0.4) is 0 Å². The van der Waals surface area contributed by atoms with Gasteiger partial charge in [0.05, 0.1) is 13.2 Å². The van der Waals surface area contributed by atoms with Crippen LogP contribution in [0.5, 0.6) is 0 Å². The van der Waals surface area contributed by atoms with Crippen LogP contribution in [0.25, 0.3) is 0 Å². The summed E-state index contributed by atoms with van der Waals surface area (Å²) in [5, 5.41) is 16.8. The van der Waals surface area contributed by atoms with Crippen LogP contribution in [0.1, 0.15) is 37.7 Å². The summed E-state index contributed by atoms with van der Waals surface area (Å²) in [6, 6.07) is 10.0. The van der Waals surface area contributed by atoms with Gasteiger partial charge < -0.3 is 20.5 Å². The molecular weight excluding hydrogens is 374 g/mol. The first-order valence-corrected chi connectivity index (χ1v) is 10.8. The second-order valence-electron chi connectivity index (χ2n) is 8.58. The van der Waals surface area contributed by atoms with Crippen molar-refractivity contribution in [3.05, 3.63) is 29.8 Å². The molecule has 1 aromatic carbocycles. The van der Waals surface area contributed by atoms with E-state index in [1.165, 1.54) is 30.5 Å². The molecule has 1 saturated carbocycles. The lowest BCUT2D eigenvalue weighted by Crippen LogP contribution is -2.49. The van der Waals surface area contributed by atoms with Crippen molar-refractivity contribution in [1.82, 2.24) is 10.2 Å². The van der Waals surface area contributed by atoms with Crippen LogP contribution >= 0.6 is 12.4 Å². The van der Waals surface area contributed by atoms with E-state index in [0.717, 1.165) is 52.2 Å². The zero-order chi connectivity index (χ0) is 18.5. The van der Waals surface area contributed by atoms with E-state index in [1.54, 1.807) is 0 Å². The van der Waals surface area contributed by atoms with Gasteiger partial charge in [-0.15, -0.1) is 12.4 Å². The van der Waals surface area contributed by atoms with Gasteiger partial charge >= 0.3 is 0 Å². The second-order valence-corrected chi connectivity index (χ2v) is 8.58. The van der Waals surface area contributed by atoms with Crippen molar-refractivity contribution >= 4 is 18.1 Å². The van der Waals surface area contributed by atoms with Crippen LogP contribution in [0.4, 0.5) is 5.69 Å². The van der Waals surface area contributed by atoms with Crippen LogP contribution in [-0.2, 0) is 11.3 Å². The summed E-state index contributed by atoms with van der Waals surface area (Å²) in [7, 11) is 0. The molecule has 158 valence electrons. The predicted octanol–water partition coefficient (Wildman–Crippen LogP) is 2.88. The number of hydrogen-bond donors (Lipinski definition) is 3. The number of morpholine rings is 1. The van der Waals surface area contributed by atoms with E-state index < -0.39 is 0 Å². The van der Waals surface area contributed by atoms with Crippen LogP contribution in [-0.4, -0.2) is 61.5 Å². The number of benzene rings is 1. The number of halogens is 1. The molecule has 5 nitrogen and oxygen atoms in total. The van der Waals surface area contributed by atoms with Gasteiger partial charge in [-0.3, -0.25) is 4.90 Å². The highest BCUT2D eigenvalue weighted by Crippen LogP contribution is 2.32. The molecule has 3 aliphatic rings. The number of ether oxygens (including phenoxy) is 1. The van der Waals surface area contributed by atoms with Crippen LogP contribution < -0.4 is 10.6 Å². The first kappa shape index (κ1) is 21.8. The Bertz CT molecular complexity index is 589. The molecule has 1 aromatic rings. The average molecular weight is 410 g/mol. The number of piperidine rings is 1. The van der Waals surface area contributed by atoms with Crippen molar-refractivity contribution in [2.45, 2.75) is 50.7 Å². The number of nitrogens with one attached hydrogen (secondary N) is 2. The molecule has 3 N–H and O–H groups in total. The molecule has 3 atom stereocenters. The summed E-state index contributed by atoms with van der Waals surface area (Å²) in [5.74, 6) is 1.16. The van der Waals surface area contributed by atoms with Crippen molar-refractivity contribution in [2.24, 2.45) is 11.8 Å². The van der Waals surface area contributed by atoms with E-state index >= 15 is 0 Å². The number of anilines is 1. The fourth-order valence-electron chi connectivity index (χ4n) is 5.07. The summed E-state index contributed by atoms with van der Waals surface area (Å²) < 4.78 is 5.70. The summed E-state index contributed by atoms with van der Waals surface area (Å²) in [6.45, 7) is 6.24. The van der Waals surface area contributed by atoms with E-state index in [2.05, 4.69) is 39.8 Å². The van der Waals surface area contributed by atoms with E-state index in [1.807, 2.05) is 0 Å². The Morgan fingerprint density at radius 1 is 1.18 bits per heavy atom. The third-order valence-corrected chi connectivity index (χ3v) is 6.69. The highest BCUT2D eigenvalue weighted by molar-refractivity contribution is 5.85. The van der Waals surface area contributed by atoms with Crippen LogP contribution in [0.2, 0.25) is 0 Å². The van der Waals surface area contributed by atoms with Gasteiger partial charge in [-0.25, -0.2) is 0 Å². The third kappa shape index (κ3) is 5.61. The molecule has 2 saturated heterocycles. The van der Waals surface area contributed by atoms with E-state index in [9.17, 15) is 5.11 Å². The number of nitrogens with zero attached hydrogens (tertiary/aromatic N) is 1. The summed E-state index contributed by atoms with van der Waals surface area (Å²) in [5.41, 5.74) is 2.64. The lowest BCUT2D eigenvalue weighted by Gasteiger charge is -2.33. The Morgan fingerprint density at radius 2 is 2.04 bits per heavy atom. The van der Waals surface area contributed by atoms with Gasteiger partial charge in [0.25, 0.3) is 0 Å². The van der Waals surface area contributed by atoms with Crippen LogP contribution in [0, 0.1) is 11.8 Å². The van der Waals surface area contributed by atoms with Gasteiger partial charge in [0.15, 0.2) is 0 Å². The molecule has 0 radical (unpaired) electrons. The van der Waals surface area contributed by atoms with Gasteiger partial charge in [-0.05, 0) is 68.3 Å². The van der Waals surface area contributed by atoms with E-state index in [4.69, 9.17) is 4.74 Å². The lowest BCUT2D eigenvalue weighted by molar-refractivity contribution is 0.0559. The molecule has 3 fully saturated rings. The third-order valence-electron chi connectivity index (χ3n) is 6.69. The molecular formula is C22H36ClN3O2. The highest BCUT2D eigenvalue weighted by Gasteiger charge is 2.34. The maximum atomic E-state index is 9.32. The zero-order valence-electron chi connectivity index (χ0n) is 16.8. The lowest BCUT2D eigenvalue weighted by atomic mass is 9.93. The maximum absolute atomic E-state index is 9.32. The molecule has 2 heterocycles. The zero-order valence-corrected chi connectivity index (χ0v) is 17.6. The minimum Gasteiger partial charge on any atom is -0.396 e. The van der Waals surface area contributed by atoms with Gasteiger partial charge in [-0.1, -0.05) is 18.6 Å². The number of hydrogen-bond acceptors (Lipinski definition) is 5. The molecule has 0 aromatic heterocycles. The first-order chi connectivity index (χ1) is 13.3. The molecule has 2 aliphatic heterocycles. The van der Waals surface area contributed by atoms with Gasteiger partial charge in [0, 0.05) is 37.5 Å². The molecule has 4 rings (SSSR count). The average Bonchev–Trinajstić information content (AvgIpc) is 3.18. The molecule has 0 bridgehead atoms. The minimum absolute atomic E-state index is 0. The van der Waals surface area contributed by atoms with Crippen molar-refractivity contribution in [3.8, 4) is 0 Å². The SMILES string of the molecule is Cl.OCC1CCN(Cc2cccc(NC3CCCC3C3COCCN3)c2)CC1.